The molecule has 0 saturated carbocycles. The van der Waals surface area contributed by atoms with Crippen LogP contribution in [0.3, 0.4) is 0 Å². The Labute approximate surface area is 211 Å². The number of piperidine rings is 1. The van der Waals surface area contributed by atoms with E-state index >= 15 is 0 Å². The molecule has 34 heavy (non-hydrogen) atoms. The molecule has 2 aliphatic heterocycles. The second kappa shape index (κ2) is 10.5. The number of likely N-dealkylation sites (tertiary alicyclic amines) is 1. The first-order valence-electron chi connectivity index (χ1n) is 12.0. The van der Waals surface area contributed by atoms with Crippen LogP contribution in [0.25, 0.3) is 0 Å². The van der Waals surface area contributed by atoms with Crippen molar-refractivity contribution >= 4 is 29.1 Å². The Morgan fingerprint density at radius 1 is 0.912 bits per heavy atom. The fourth-order valence-electron chi connectivity index (χ4n) is 5.20. The third kappa shape index (κ3) is 5.33. The second-order valence-electron chi connectivity index (χ2n) is 9.28. The van der Waals surface area contributed by atoms with Crippen molar-refractivity contribution in [1.29, 1.82) is 0 Å². The van der Waals surface area contributed by atoms with E-state index in [1.165, 1.54) is 11.3 Å². The first-order valence-corrected chi connectivity index (χ1v) is 12.7. The SMILES string of the molecule is O=C(CN1CCn2cccc2C1c1ccc(Cl)c(Cl)c1)NC1CCN(Cc2ccccc2)CC1. The number of halogens is 2. The van der Waals surface area contributed by atoms with Crippen molar-refractivity contribution < 1.29 is 4.79 Å². The van der Waals surface area contributed by atoms with E-state index in [0.717, 1.165) is 51.1 Å². The number of amides is 1. The summed E-state index contributed by atoms with van der Waals surface area (Å²) in [5.41, 5.74) is 3.57. The Morgan fingerprint density at radius 2 is 1.71 bits per heavy atom. The van der Waals surface area contributed by atoms with Crippen molar-refractivity contribution in [2.75, 3.05) is 26.2 Å². The lowest BCUT2D eigenvalue weighted by Crippen LogP contribution is -2.49. The van der Waals surface area contributed by atoms with Gasteiger partial charge in [0, 0.05) is 50.7 Å². The smallest absolute Gasteiger partial charge is 0.234 e. The highest BCUT2D eigenvalue weighted by atomic mass is 35.5. The molecule has 7 heteroatoms. The third-order valence-electron chi connectivity index (χ3n) is 6.95. The molecule has 5 rings (SSSR count). The minimum Gasteiger partial charge on any atom is -0.352 e. The largest absolute Gasteiger partial charge is 0.352 e. The summed E-state index contributed by atoms with van der Waals surface area (Å²) in [6.07, 6.45) is 4.07. The maximum Gasteiger partial charge on any atom is 0.234 e. The molecule has 0 aliphatic carbocycles. The fourth-order valence-corrected chi connectivity index (χ4v) is 5.51. The maximum absolute atomic E-state index is 13.1. The zero-order valence-electron chi connectivity index (χ0n) is 19.2. The Morgan fingerprint density at radius 3 is 2.47 bits per heavy atom. The summed E-state index contributed by atoms with van der Waals surface area (Å²) in [5.74, 6) is 0.0894. The summed E-state index contributed by atoms with van der Waals surface area (Å²) in [4.78, 5) is 17.8. The summed E-state index contributed by atoms with van der Waals surface area (Å²) in [6, 6.07) is 20.7. The number of aromatic nitrogens is 1. The Hall–Kier alpha value is -2.31. The van der Waals surface area contributed by atoms with Gasteiger partial charge in [-0.05, 0) is 48.2 Å². The van der Waals surface area contributed by atoms with Crippen LogP contribution in [0.1, 0.15) is 35.7 Å². The first kappa shape index (κ1) is 23.4. The number of carbonyl (C=O) groups excluding carboxylic acids is 1. The van der Waals surface area contributed by atoms with E-state index in [0.29, 0.717) is 16.6 Å². The minimum absolute atomic E-state index is 0.0306. The molecule has 1 fully saturated rings. The van der Waals surface area contributed by atoms with Crippen LogP contribution >= 0.6 is 23.2 Å². The zero-order chi connectivity index (χ0) is 23.5. The average Bonchev–Trinajstić information content (AvgIpc) is 3.32. The van der Waals surface area contributed by atoms with Crippen molar-refractivity contribution in [2.24, 2.45) is 0 Å². The standard InChI is InChI=1S/C27H30Cl2N4O/c28-23-9-8-21(17-24(23)29)27-25-7-4-12-32(25)15-16-33(27)19-26(34)30-22-10-13-31(14-11-22)18-20-5-2-1-3-6-20/h1-9,12,17,22,27H,10-11,13-16,18-19H2,(H,30,34). The molecule has 1 aromatic heterocycles. The summed E-state index contributed by atoms with van der Waals surface area (Å²) in [6.45, 7) is 5.01. The van der Waals surface area contributed by atoms with E-state index < -0.39 is 0 Å². The van der Waals surface area contributed by atoms with Crippen LogP contribution in [-0.4, -0.2) is 52.5 Å². The molecule has 2 aliphatic rings. The van der Waals surface area contributed by atoms with Gasteiger partial charge in [-0.1, -0.05) is 59.6 Å². The van der Waals surface area contributed by atoms with Crippen LogP contribution in [0, 0.1) is 0 Å². The fraction of sp³-hybridized carbons (Fsp3) is 0.370. The molecule has 1 amide bonds. The third-order valence-corrected chi connectivity index (χ3v) is 7.68. The van der Waals surface area contributed by atoms with E-state index in [4.69, 9.17) is 23.2 Å². The molecule has 0 spiro atoms. The molecular formula is C27H30Cl2N4O. The molecule has 1 unspecified atom stereocenters. The number of hydrogen-bond acceptors (Lipinski definition) is 3. The lowest BCUT2D eigenvalue weighted by molar-refractivity contribution is -0.123. The highest BCUT2D eigenvalue weighted by Gasteiger charge is 2.31. The van der Waals surface area contributed by atoms with Crippen molar-refractivity contribution in [3.05, 3.63) is 93.7 Å². The molecule has 0 radical (unpaired) electrons. The zero-order valence-corrected chi connectivity index (χ0v) is 20.7. The molecule has 1 saturated heterocycles. The molecule has 1 N–H and O–H groups in total. The molecule has 3 aromatic rings. The van der Waals surface area contributed by atoms with Gasteiger partial charge in [-0.2, -0.15) is 0 Å². The Balaban J connectivity index is 1.20. The highest BCUT2D eigenvalue weighted by Crippen LogP contribution is 2.35. The van der Waals surface area contributed by atoms with Crippen molar-refractivity contribution in [2.45, 2.75) is 38.0 Å². The molecule has 1 atom stereocenters. The van der Waals surface area contributed by atoms with Gasteiger partial charge in [0.2, 0.25) is 5.91 Å². The van der Waals surface area contributed by atoms with Crippen molar-refractivity contribution in [3.63, 3.8) is 0 Å². The van der Waals surface area contributed by atoms with Gasteiger partial charge in [0.1, 0.15) is 0 Å². The van der Waals surface area contributed by atoms with Gasteiger partial charge >= 0.3 is 0 Å². The topological polar surface area (TPSA) is 40.5 Å². The number of benzene rings is 2. The van der Waals surface area contributed by atoms with Crippen LogP contribution in [0.15, 0.2) is 66.9 Å². The van der Waals surface area contributed by atoms with E-state index in [9.17, 15) is 4.79 Å². The van der Waals surface area contributed by atoms with Gasteiger partial charge in [-0.25, -0.2) is 0 Å². The van der Waals surface area contributed by atoms with E-state index in [2.05, 4.69) is 68.3 Å². The molecule has 5 nitrogen and oxygen atoms in total. The number of hydrogen-bond donors (Lipinski definition) is 1. The van der Waals surface area contributed by atoms with E-state index in [1.807, 2.05) is 18.2 Å². The molecular weight excluding hydrogens is 467 g/mol. The van der Waals surface area contributed by atoms with Crippen LogP contribution in [0.2, 0.25) is 10.0 Å². The Bertz CT molecular complexity index is 1120. The number of rotatable bonds is 6. The van der Waals surface area contributed by atoms with Crippen molar-refractivity contribution in [3.8, 4) is 0 Å². The minimum atomic E-state index is -0.0306. The molecule has 178 valence electrons. The van der Waals surface area contributed by atoms with Crippen LogP contribution in [-0.2, 0) is 17.9 Å². The summed E-state index contributed by atoms with van der Waals surface area (Å²) >= 11 is 12.5. The van der Waals surface area contributed by atoms with Crippen LogP contribution < -0.4 is 5.32 Å². The van der Waals surface area contributed by atoms with Crippen molar-refractivity contribution in [1.82, 2.24) is 19.7 Å². The normalized spacial score (nSPS) is 19.6. The molecule has 0 bridgehead atoms. The predicted octanol–water partition coefficient (Wildman–Crippen LogP) is 4.98. The van der Waals surface area contributed by atoms with E-state index in [1.54, 1.807) is 0 Å². The quantitative estimate of drug-likeness (QED) is 0.522. The van der Waals surface area contributed by atoms with Gasteiger partial charge in [0.25, 0.3) is 0 Å². The number of carbonyl (C=O) groups is 1. The highest BCUT2D eigenvalue weighted by molar-refractivity contribution is 6.42. The lowest BCUT2D eigenvalue weighted by atomic mass is 9.99. The summed E-state index contributed by atoms with van der Waals surface area (Å²) in [7, 11) is 0. The van der Waals surface area contributed by atoms with Gasteiger partial charge in [-0.3, -0.25) is 14.6 Å². The number of nitrogens with zero attached hydrogens (tertiary/aromatic N) is 3. The molecule has 2 aromatic carbocycles. The number of nitrogens with one attached hydrogen (secondary N) is 1. The summed E-state index contributed by atoms with van der Waals surface area (Å²) < 4.78 is 2.25. The predicted molar refractivity (Wildman–Crippen MR) is 137 cm³/mol. The molecule has 3 heterocycles. The van der Waals surface area contributed by atoms with Crippen LogP contribution in [0.5, 0.6) is 0 Å². The summed E-state index contributed by atoms with van der Waals surface area (Å²) in [5, 5.41) is 4.38. The second-order valence-corrected chi connectivity index (χ2v) is 10.1. The van der Waals surface area contributed by atoms with Gasteiger partial charge < -0.3 is 9.88 Å². The van der Waals surface area contributed by atoms with Gasteiger partial charge in [0.05, 0.1) is 22.6 Å². The maximum atomic E-state index is 13.1. The van der Waals surface area contributed by atoms with Crippen LogP contribution in [0.4, 0.5) is 0 Å². The monoisotopic (exact) mass is 496 g/mol. The van der Waals surface area contributed by atoms with E-state index in [-0.39, 0.29) is 18.0 Å². The van der Waals surface area contributed by atoms with Gasteiger partial charge in [0.15, 0.2) is 0 Å². The number of fused-ring (bicyclic) bond motifs is 1. The Kier molecular flexibility index (Phi) is 7.26. The first-order chi connectivity index (χ1) is 16.6. The van der Waals surface area contributed by atoms with Gasteiger partial charge in [-0.15, -0.1) is 0 Å². The lowest BCUT2D eigenvalue weighted by Gasteiger charge is -2.38. The average molecular weight is 497 g/mol.